The Hall–Kier alpha value is -2.90. The molecule has 1 heterocycles. The average Bonchev–Trinajstić information content (AvgIpc) is 2.95. The number of H-pyrrole nitrogens is 1. The molecule has 19 heavy (non-hydrogen) atoms. The van der Waals surface area contributed by atoms with Crippen molar-refractivity contribution in [1.29, 1.82) is 0 Å². The van der Waals surface area contributed by atoms with Gasteiger partial charge in [0.2, 0.25) is 5.82 Å². The summed E-state index contributed by atoms with van der Waals surface area (Å²) in [5.41, 5.74) is 1.21. The van der Waals surface area contributed by atoms with Crippen LogP contribution in [0.5, 0.6) is 0 Å². The summed E-state index contributed by atoms with van der Waals surface area (Å²) in [5, 5.41) is 13.7. The lowest BCUT2D eigenvalue weighted by atomic mass is 10.3. The minimum Gasteiger partial charge on any atom is -0.341 e. The van der Waals surface area contributed by atoms with Crippen molar-refractivity contribution < 1.29 is 9.59 Å². The zero-order valence-corrected chi connectivity index (χ0v) is 10.1. The molecule has 0 bridgehead atoms. The Morgan fingerprint density at radius 3 is 2.26 bits per heavy atom. The van der Waals surface area contributed by atoms with Crippen molar-refractivity contribution in [3.8, 4) is 0 Å². The van der Waals surface area contributed by atoms with Crippen LogP contribution in [0.25, 0.3) is 0 Å². The van der Waals surface area contributed by atoms with Crippen LogP contribution in [0.2, 0.25) is 0 Å². The third kappa shape index (κ3) is 3.28. The monoisotopic (exact) mass is 260 g/mol. The molecule has 0 aliphatic rings. The lowest BCUT2D eigenvalue weighted by molar-refractivity contribution is 0.101. The largest absolute Gasteiger partial charge is 0.341 e. The summed E-state index contributed by atoms with van der Waals surface area (Å²) in [5.74, 6) is -0.253. The van der Waals surface area contributed by atoms with Gasteiger partial charge < -0.3 is 16.0 Å². The topological polar surface area (TPSA) is 112 Å². The number of amides is 3. The van der Waals surface area contributed by atoms with E-state index in [9.17, 15) is 9.59 Å². The van der Waals surface area contributed by atoms with E-state index in [0.29, 0.717) is 11.4 Å². The predicted octanol–water partition coefficient (Wildman–Crippen LogP) is 0.808. The first-order valence-corrected chi connectivity index (χ1v) is 5.44. The van der Waals surface area contributed by atoms with Crippen LogP contribution in [0.4, 0.5) is 16.2 Å². The van der Waals surface area contributed by atoms with Gasteiger partial charge in [-0.15, -0.1) is 0 Å². The second-order valence-corrected chi connectivity index (χ2v) is 3.57. The second kappa shape index (κ2) is 5.63. The molecule has 0 spiro atoms. The summed E-state index contributed by atoms with van der Waals surface area (Å²) in [4.78, 5) is 26.5. The summed E-state index contributed by atoms with van der Waals surface area (Å²) in [7, 11) is 1.53. The zero-order valence-electron chi connectivity index (χ0n) is 10.1. The van der Waals surface area contributed by atoms with Crippen LogP contribution in [-0.4, -0.2) is 34.2 Å². The number of aromatic nitrogens is 3. The number of anilines is 2. The van der Waals surface area contributed by atoms with E-state index in [-0.39, 0.29) is 17.8 Å². The van der Waals surface area contributed by atoms with Crippen LogP contribution in [0.3, 0.4) is 0 Å². The first-order valence-electron chi connectivity index (χ1n) is 5.44. The quantitative estimate of drug-likeness (QED) is 0.654. The maximum Gasteiger partial charge on any atom is 0.318 e. The van der Waals surface area contributed by atoms with Gasteiger partial charge in [0.15, 0.2) is 0 Å². The highest BCUT2D eigenvalue weighted by Gasteiger charge is 2.08. The van der Waals surface area contributed by atoms with Crippen LogP contribution < -0.4 is 16.0 Å². The number of hydrogen-bond acceptors (Lipinski definition) is 4. The molecular weight excluding hydrogens is 248 g/mol. The van der Waals surface area contributed by atoms with Crippen molar-refractivity contribution in [2.75, 3.05) is 17.7 Å². The lowest BCUT2D eigenvalue weighted by Gasteiger charge is -2.06. The molecule has 1 aromatic heterocycles. The van der Waals surface area contributed by atoms with E-state index in [4.69, 9.17) is 0 Å². The Balaban J connectivity index is 1.99. The van der Waals surface area contributed by atoms with Gasteiger partial charge in [-0.2, -0.15) is 5.10 Å². The molecule has 0 aliphatic heterocycles. The number of nitrogens with one attached hydrogen (secondary N) is 4. The predicted molar refractivity (Wildman–Crippen MR) is 68.9 cm³/mol. The molecule has 8 heteroatoms. The molecule has 4 N–H and O–H groups in total. The van der Waals surface area contributed by atoms with Crippen molar-refractivity contribution in [3.63, 3.8) is 0 Å². The Morgan fingerprint density at radius 2 is 1.74 bits per heavy atom. The minimum absolute atomic E-state index is 0.132. The van der Waals surface area contributed by atoms with Gasteiger partial charge in [-0.25, -0.2) is 9.78 Å². The first-order chi connectivity index (χ1) is 9.19. The average molecular weight is 260 g/mol. The molecule has 0 aliphatic carbocycles. The van der Waals surface area contributed by atoms with E-state index >= 15 is 0 Å². The summed E-state index contributed by atoms with van der Waals surface area (Å²) in [6, 6.07) is 6.37. The Bertz CT molecular complexity index is 563. The molecule has 1 aromatic carbocycles. The fraction of sp³-hybridized carbons (Fsp3) is 0.0909. The standard InChI is InChI=1S/C11H12N6O2/c1-12-11(19)16-8-4-2-7(3-5-8)15-10(18)9-13-6-14-17-9/h2-6H,1H3,(H,15,18)(H2,12,16,19)(H,13,14,17). The molecule has 0 saturated carbocycles. The molecule has 2 aromatic rings. The van der Waals surface area contributed by atoms with Crippen molar-refractivity contribution >= 4 is 23.3 Å². The normalized spacial score (nSPS) is 9.74. The molecule has 98 valence electrons. The molecule has 2 rings (SSSR count). The van der Waals surface area contributed by atoms with Crippen molar-refractivity contribution in [3.05, 3.63) is 36.4 Å². The number of carbonyl (C=O) groups is 2. The highest BCUT2D eigenvalue weighted by molar-refractivity contribution is 6.01. The summed E-state index contributed by atoms with van der Waals surface area (Å²) < 4.78 is 0. The molecule has 0 unspecified atom stereocenters. The van der Waals surface area contributed by atoms with Crippen LogP contribution in [0, 0.1) is 0 Å². The smallest absolute Gasteiger partial charge is 0.318 e. The van der Waals surface area contributed by atoms with Gasteiger partial charge >= 0.3 is 6.03 Å². The molecule has 0 fully saturated rings. The van der Waals surface area contributed by atoms with Gasteiger partial charge in [0.05, 0.1) is 0 Å². The summed E-state index contributed by atoms with van der Waals surface area (Å²) in [6.07, 6.45) is 1.26. The lowest BCUT2D eigenvalue weighted by Crippen LogP contribution is -2.24. The van der Waals surface area contributed by atoms with Crippen LogP contribution in [-0.2, 0) is 0 Å². The van der Waals surface area contributed by atoms with Gasteiger partial charge in [0.25, 0.3) is 5.91 Å². The third-order valence-corrected chi connectivity index (χ3v) is 2.26. The first kappa shape index (κ1) is 12.6. The van der Waals surface area contributed by atoms with Crippen LogP contribution in [0.15, 0.2) is 30.6 Å². The number of urea groups is 1. The Labute approximate surface area is 108 Å². The van der Waals surface area contributed by atoms with E-state index in [1.54, 1.807) is 24.3 Å². The number of rotatable bonds is 3. The highest BCUT2D eigenvalue weighted by Crippen LogP contribution is 2.13. The van der Waals surface area contributed by atoms with Gasteiger partial charge in [-0.1, -0.05) is 0 Å². The fourth-order valence-electron chi connectivity index (χ4n) is 1.34. The van der Waals surface area contributed by atoms with Gasteiger partial charge in [-0.3, -0.25) is 9.89 Å². The minimum atomic E-state index is -0.385. The van der Waals surface area contributed by atoms with Crippen LogP contribution in [0.1, 0.15) is 10.6 Å². The molecular formula is C11H12N6O2. The van der Waals surface area contributed by atoms with Crippen LogP contribution >= 0.6 is 0 Å². The maximum atomic E-state index is 11.7. The third-order valence-electron chi connectivity index (χ3n) is 2.26. The zero-order chi connectivity index (χ0) is 13.7. The van der Waals surface area contributed by atoms with E-state index in [2.05, 4.69) is 31.1 Å². The molecule has 0 saturated heterocycles. The van der Waals surface area contributed by atoms with Crippen molar-refractivity contribution in [2.45, 2.75) is 0 Å². The SMILES string of the molecule is CNC(=O)Nc1ccc(NC(=O)c2ncn[nH]2)cc1. The number of aromatic amines is 1. The summed E-state index contributed by atoms with van der Waals surface area (Å²) >= 11 is 0. The van der Waals surface area contributed by atoms with E-state index in [1.165, 1.54) is 13.4 Å². The summed E-state index contributed by atoms with van der Waals surface area (Å²) in [6.45, 7) is 0. The van der Waals surface area contributed by atoms with Crippen molar-refractivity contribution in [2.24, 2.45) is 0 Å². The maximum absolute atomic E-state index is 11.7. The van der Waals surface area contributed by atoms with Gasteiger partial charge in [0, 0.05) is 18.4 Å². The fourth-order valence-corrected chi connectivity index (χ4v) is 1.34. The van der Waals surface area contributed by atoms with E-state index in [0.717, 1.165) is 0 Å². The number of benzene rings is 1. The molecule has 8 nitrogen and oxygen atoms in total. The molecule has 0 atom stereocenters. The van der Waals surface area contributed by atoms with E-state index < -0.39 is 0 Å². The number of hydrogen-bond donors (Lipinski definition) is 4. The van der Waals surface area contributed by atoms with E-state index in [1.807, 2.05) is 0 Å². The highest BCUT2D eigenvalue weighted by atomic mass is 16.2. The molecule has 3 amide bonds. The number of carbonyl (C=O) groups excluding carboxylic acids is 2. The van der Waals surface area contributed by atoms with Gasteiger partial charge in [0.1, 0.15) is 6.33 Å². The van der Waals surface area contributed by atoms with Gasteiger partial charge in [-0.05, 0) is 24.3 Å². The second-order valence-electron chi connectivity index (χ2n) is 3.57. The number of nitrogens with zero attached hydrogens (tertiary/aromatic N) is 2. The Kier molecular flexibility index (Phi) is 3.72. The Morgan fingerprint density at radius 1 is 1.11 bits per heavy atom. The van der Waals surface area contributed by atoms with Crippen molar-refractivity contribution in [1.82, 2.24) is 20.5 Å². The molecule has 0 radical (unpaired) electrons.